The van der Waals surface area contributed by atoms with Crippen LogP contribution in [0.15, 0.2) is 18.2 Å². The average Bonchev–Trinajstić information content (AvgIpc) is 2.73. The van der Waals surface area contributed by atoms with E-state index in [4.69, 9.17) is 23.2 Å². The van der Waals surface area contributed by atoms with Crippen molar-refractivity contribution in [1.29, 1.82) is 0 Å². The number of amides is 1. The molecular formula is C14H18Cl2N2O. The Labute approximate surface area is 123 Å². The molecule has 5 heteroatoms. The van der Waals surface area contributed by atoms with E-state index in [-0.39, 0.29) is 17.9 Å². The Bertz CT molecular complexity index is 458. The van der Waals surface area contributed by atoms with Gasteiger partial charge in [0.15, 0.2) is 0 Å². The standard InChI is InChI=1S/C14H18Cl2N2O/c1-9-13(3-4-17-9)14(19)18(2)8-10-5-11(15)7-12(16)6-10/h5-7,9,13,17H,3-4,8H2,1-2H3. The third-order valence-corrected chi connectivity index (χ3v) is 4.00. The van der Waals surface area contributed by atoms with Gasteiger partial charge in [-0.05, 0) is 43.7 Å². The summed E-state index contributed by atoms with van der Waals surface area (Å²) in [5.74, 6) is 0.244. The van der Waals surface area contributed by atoms with E-state index in [2.05, 4.69) is 12.2 Å². The normalized spacial score (nSPS) is 22.5. The number of halogens is 2. The summed E-state index contributed by atoms with van der Waals surface area (Å²) >= 11 is 11.9. The molecule has 0 aliphatic carbocycles. The first kappa shape index (κ1) is 14.6. The summed E-state index contributed by atoms with van der Waals surface area (Å²) in [5.41, 5.74) is 0.951. The molecule has 1 aliphatic heterocycles. The molecule has 19 heavy (non-hydrogen) atoms. The van der Waals surface area contributed by atoms with Gasteiger partial charge in [-0.1, -0.05) is 23.2 Å². The first-order chi connectivity index (χ1) is 8.97. The lowest BCUT2D eigenvalue weighted by Crippen LogP contribution is -2.37. The van der Waals surface area contributed by atoms with E-state index in [0.29, 0.717) is 16.6 Å². The number of carbonyl (C=O) groups excluding carboxylic acids is 1. The van der Waals surface area contributed by atoms with Gasteiger partial charge in [-0.15, -0.1) is 0 Å². The van der Waals surface area contributed by atoms with Gasteiger partial charge in [0.05, 0.1) is 5.92 Å². The first-order valence-electron chi connectivity index (χ1n) is 6.40. The van der Waals surface area contributed by atoms with E-state index in [9.17, 15) is 4.79 Å². The summed E-state index contributed by atoms with van der Waals surface area (Å²) in [4.78, 5) is 14.1. The Morgan fingerprint density at radius 3 is 2.53 bits per heavy atom. The third kappa shape index (κ3) is 3.62. The van der Waals surface area contributed by atoms with Crippen LogP contribution in [-0.2, 0) is 11.3 Å². The lowest BCUT2D eigenvalue weighted by atomic mass is 10.0. The molecular weight excluding hydrogens is 283 g/mol. The van der Waals surface area contributed by atoms with Gasteiger partial charge in [0.25, 0.3) is 0 Å². The van der Waals surface area contributed by atoms with Gasteiger partial charge in [0.1, 0.15) is 0 Å². The quantitative estimate of drug-likeness (QED) is 0.931. The van der Waals surface area contributed by atoms with Crippen LogP contribution < -0.4 is 5.32 Å². The molecule has 0 saturated carbocycles. The van der Waals surface area contributed by atoms with E-state index >= 15 is 0 Å². The highest BCUT2D eigenvalue weighted by Crippen LogP contribution is 2.22. The van der Waals surface area contributed by atoms with E-state index in [1.54, 1.807) is 11.0 Å². The second kappa shape index (κ2) is 6.12. The van der Waals surface area contributed by atoms with E-state index < -0.39 is 0 Å². The topological polar surface area (TPSA) is 32.3 Å². The van der Waals surface area contributed by atoms with Crippen molar-refractivity contribution in [3.05, 3.63) is 33.8 Å². The van der Waals surface area contributed by atoms with Crippen LogP contribution in [0.2, 0.25) is 10.0 Å². The lowest BCUT2D eigenvalue weighted by Gasteiger charge is -2.23. The number of hydrogen-bond donors (Lipinski definition) is 1. The molecule has 1 amide bonds. The van der Waals surface area contributed by atoms with E-state index in [1.165, 1.54) is 0 Å². The zero-order valence-corrected chi connectivity index (χ0v) is 12.6. The predicted octanol–water partition coefficient (Wildman–Crippen LogP) is 2.95. The molecule has 1 N–H and O–H groups in total. The molecule has 1 aromatic rings. The summed E-state index contributed by atoms with van der Waals surface area (Å²) in [6.45, 7) is 3.50. The first-order valence-corrected chi connectivity index (χ1v) is 7.16. The number of nitrogens with one attached hydrogen (secondary N) is 1. The largest absolute Gasteiger partial charge is 0.341 e. The molecule has 1 aliphatic rings. The van der Waals surface area contributed by atoms with Crippen LogP contribution in [0, 0.1) is 5.92 Å². The number of benzene rings is 1. The van der Waals surface area contributed by atoms with Crippen LogP contribution in [0.25, 0.3) is 0 Å². The van der Waals surface area contributed by atoms with Crippen LogP contribution in [-0.4, -0.2) is 30.4 Å². The number of nitrogens with zero attached hydrogens (tertiary/aromatic N) is 1. The molecule has 0 radical (unpaired) electrons. The van der Waals surface area contributed by atoms with E-state index in [0.717, 1.165) is 18.5 Å². The molecule has 2 atom stereocenters. The number of hydrogen-bond acceptors (Lipinski definition) is 2. The fourth-order valence-corrected chi connectivity index (χ4v) is 3.10. The minimum atomic E-state index is 0.0691. The lowest BCUT2D eigenvalue weighted by molar-refractivity contribution is -0.134. The smallest absolute Gasteiger partial charge is 0.227 e. The summed E-state index contributed by atoms with van der Waals surface area (Å²) in [5, 5.41) is 4.49. The maximum Gasteiger partial charge on any atom is 0.227 e. The van der Waals surface area contributed by atoms with Crippen molar-refractivity contribution in [3.8, 4) is 0 Å². The summed E-state index contributed by atoms with van der Waals surface area (Å²) in [7, 11) is 1.82. The highest BCUT2D eigenvalue weighted by Gasteiger charge is 2.31. The zero-order valence-electron chi connectivity index (χ0n) is 11.1. The van der Waals surface area contributed by atoms with Crippen molar-refractivity contribution in [2.75, 3.05) is 13.6 Å². The van der Waals surface area contributed by atoms with Gasteiger partial charge in [-0.25, -0.2) is 0 Å². The maximum absolute atomic E-state index is 12.3. The maximum atomic E-state index is 12.3. The molecule has 1 fully saturated rings. The Hall–Kier alpha value is -0.770. The Kier molecular flexibility index (Phi) is 4.71. The van der Waals surface area contributed by atoms with Crippen LogP contribution in [0.3, 0.4) is 0 Å². The van der Waals surface area contributed by atoms with Crippen LogP contribution >= 0.6 is 23.2 Å². The van der Waals surface area contributed by atoms with Crippen LogP contribution in [0.5, 0.6) is 0 Å². The molecule has 1 saturated heterocycles. The molecule has 2 unspecified atom stereocenters. The zero-order chi connectivity index (χ0) is 14.0. The van der Waals surface area contributed by atoms with Crippen molar-refractivity contribution >= 4 is 29.1 Å². The number of rotatable bonds is 3. The van der Waals surface area contributed by atoms with Gasteiger partial charge >= 0.3 is 0 Å². The van der Waals surface area contributed by atoms with E-state index in [1.807, 2.05) is 19.2 Å². The fraction of sp³-hybridized carbons (Fsp3) is 0.500. The molecule has 0 spiro atoms. The van der Waals surface area contributed by atoms with Gasteiger partial charge in [0, 0.05) is 29.7 Å². The molecule has 3 nitrogen and oxygen atoms in total. The SMILES string of the molecule is CC1NCCC1C(=O)N(C)Cc1cc(Cl)cc(Cl)c1. The second-order valence-corrected chi connectivity index (χ2v) is 5.98. The monoisotopic (exact) mass is 300 g/mol. The third-order valence-electron chi connectivity index (χ3n) is 3.56. The van der Waals surface area contributed by atoms with Crippen molar-refractivity contribution in [2.45, 2.75) is 25.9 Å². The van der Waals surface area contributed by atoms with Crippen molar-refractivity contribution < 1.29 is 4.79 Å². The average molecular weight is 301 g/mol. The Morgan fingerprint density at radius 1 is 1.37 bits per heavy atom. The summed E-state index contributed by atoms with van der Waals surface area (Å²) in [6, 6.07) is 5.62. The minimum Gasteiger partial charge on any atom is -0.341 e. The van der Waals surface area contributed by atoms with Gasteiger partial charge in [-0.2, -0.15) is 0 Å². The Balaban J connectivity index is 2.03. The number of carbonyl (C=O) groups is 1. The predicted molar refractivity (Wildman–Crippen MR) is 78.5 cm³/mol. The van der Waals surface area contributed by atoms with Gasteiger partial charge in [0.2, 0.25) is 5.91 Å². The van der Waals surface area contributed by atoms with Crippen LogP contribution in [0.1, 0.15) is 18.9 Å². The Morgan fingerprint density at radius 2 is 2.00 bits per heavy atom. The fourth-order valence-electron chi connectivity index (χ4n) is 2.53. The summed E-state index contributed by atoms with van der Waals surface area (Å²) in [6.07, 6.45) is 0.903. The van der Waals surface area contributed by atoms with Gasteiger partial charge < -0.3 is 10.2 Å². The second-order valence-electron chi connectivity index (χ2n) is 5.11. The van der Waals surface area contributed by atoms with Crippen molar-refractivity contribution in [1.82, 2.24) is 10.2 Å². The molecule has 0 aromatic heterocycles. The van der Waals surface area contributed by atoms with Crippen molar-refractivity contribution in [3.63, 3.8) is 0 Å². The highest BCUT2D eigenvalue weighted by atomic mass is 35.5. The van der Waals surface area contributed by atoms with Crippen molar-refractivity contribution in [2.24, 2.45) is 5.92 Å². The van der Waals surface area contributed by atoms with Gasteiger partial charge in [-0.3, -0.25) is 4.79 Å². The minimum absolute atomic E-state index is 0.0691. The molecule has 104 valence electrons. The summed E-state index contributed by atoms with van der Waals surface area (Å²) < 4.78 is 0. The highest BCUT2D eigenvalue weighted by molar-refractivity contribution is 6.34. The molecule has 1 aromatic carbocycles. The molecule has 2 rings (SSSR count). The molecule has 0 bridgehead atoms. The molecule has 1 heterocycles. The van der Waals surface area contributed by atoms with Crippen LogP contribution in [0.4, 0.5) is 0 Å².